The Morgan fingerprint density at radius 2 is 1.93 bits per heavy atom. The SMILES string of the molecule is O=C(NCC1CNCCO1)c1cnc(C23CC4CC(CC(C4)C2)C3)[nH]c1=O. The predicted octanol–water partition coefficient (Wildman–Crippen LogP) is 0.956. The van der Waals surface area contributed by atoms with Gasteiger partial charge in [0.1, 0.15) is 11.4 Å². The lowest BCUT2D eigenvalue weighted by Gasteiger charge is -2.56. The van der Waals surface area contributed by atoms with Crippen LogP contribution in [0.3, 0.4) is 0 Å². The Morgan fingerprint density at radius 3 is 2.52 bits per heavy atom. The predicted molar refractivity (Wildman–Crippen MR) is 99.7 cm³/mol. The van der Waals surface area contributed by atoms with Gasteiger partial charge in [0.2, 0.25) is 0 Å². The quantitative estimate of drug-likeness (QED) is 0.732. The first-order chi connectivity index (χ1) is 13.1. The monoisotopic (exact) mass is 372 g/mol. The largest absolute Gasteiger partial charge is 0.374 e. The molecule has 146 valence electrons. The van der Waals surface area contributed by atoms with E-state index < -0.39 is 0 Å². The Bertz CT molecular complexity index is 748. The molecule has 1 atom stereocenters. The van der Waals surface area contributed by atoms with E-state index in [0.29, 0.717) is 19.7 Å². The number of aromatic amines is 1. The van der Waals surface area contributed by atoms with Gasteiger partial charge in [-0.3, -0.25) is 9.59 Å². The molecule has 4 saturated carbocycles. The fourth-order valence-corrected chi connectivity index (χ4v) is 6.28. The molecule has 6 rings (SSSR count). The summed E-state index contributed by atoms with van der Waals surface area (Å²) in [5.41, 5.74) is -0.201. The van der Waals surface area contributed by atoms with Gasteiger partial charge >= 0.3 is 0 Å². The van der Waals surface area contributed by atoms with Gasteiger partial charge in [0.05, 0.1) is 12.7 Å². The molecule has 1 saturated heterocycles. The fraction of sp³-hybridized carbons (Fsp3) is 0.750. The molecule has 0 aromatic carbocycles. The van der Waals surface area contributed by atoms with Gasteiger partial charge in [-0.25, -0.2) is 4.98 Å². The zero-order valence-corrected chi connectivity index (χ0v) is 15.6. The summed E-state index contributed by atoms with van der Waals surface area (Å²) < 4.78 is 5.57. The molecule has 3 N–H and O–H groups in total. The normalized spacial score (nSPS) is 37.3. The Hall–Kier alpha value is -1.73. The third-order valence-corrected chi connectivity index (χ3v) is 7.08. The average Bonchev–Trinajstić information content (AvgIpc) is 2.66. The van der Waals surface area contributed by atoms with E-state index in [-0.39, 0.29) is 28.5 Å². The summed E-state index contributed by atoms with van der Waals surface area (Å²) in [5.74, 6) is 2.79. The number of rotatable bonds is 4. The number of nitrogens with zero attached hydrogens (tertiary/aromatic N) is 1. The first-order valence-electron chi connectivity index (χ1n) is 10.3. The van der Waals surface area contributed by atoms with Crippen molar-refractivity contribution in [3.05, 3.63) is 27.9 Å². The molecule has 1 aromatic rings. The smallest absolute Gasteiger partial charge is 0.263 e. The van der Waals surface area contributed by atoms with Crippen molar-refractivity contribution in [2.75, 3.05) is 26.2 Å². The van der Waals surface area contributed by atoms with Crippen LogP contribution in [0.15, 0.2) is 11.0 Å². The highest BCUT2D eigenvalue weighted by atomic mass is 16.5. The van der Waals surface area contributed by atoms with E-state index in [2.05, 4.69) is 20.6 Å². The number of hydrogen-bond acceptors (Lipinski definition) is 5. The van der Waals surface area contributed by atoms with Crippen molar-refractivity contribution in [2.24, 2.45) is 17.8 Å². The van der Waals surface area contributed by atoms with Gasteiger partial charge in [0.25, 0.3) is 11.5 Å². The van der Waals surface area contributed by atoms with Gasteiger partial charge in [-0.2, -0.15) is 0 Å². The van der Waals surface area contributed by atoms with E-state index in [1.165, 1.54) is 25.5 Å². The fourth-order valence-electron chi connectivity index (χ4n) is 6.28. The van der Waals surface area contributed by atoms with E-state index >= 15 is 0 Å². The lowest BCUT2D eigenvalue weighted by molar-refractivity contribution is -0.00954. The minimum atomic E-state index is -0.380. The molecule has 4 bridgehead atoms. The maximum atomic E-state index is 12.6. The number of aromatic nitrogens is 2. The standard InChI is InChI=1S/C20H28N4O3/c25-17(22-10-15-9-21-1-2-27-15)16-11-23-19(24-18(16)26)20-6-12-3-13(7-20)5-14(4-12)8-20/h11-15,21H,1-10H2,(H,22,25)(H,23,24,26). The molecule has 2 heterocycles. The van der Waals surface area contributed by atoms with E-state index in [4.69, 9.17) is 4.74 Å². The summed E-state index contributed by atoms with van der Waals surface area (Å²) in [6.07, 6.45) is 8.88. The van der Waals surface area contributed by atoms with Gasteiger partial charge in [-0.1, -0.05) is 0 Å². The molecule has 1 amide bonds. The maximum absolute atomic E-state index is 12.6. The lowest BCUT2D eigenvalue weighted by atomic mass is 9.49. The number of H-pyrrole nitrogens is 1. The highest BCUT2D eigenvalue weighted by molar-refractivity contribution is 5.93. The summed E-state index contributed by atoms with van der Waals surface area (Å²) in [5, 5.41) is 6.02. The molecule has 4 aliphatic carbocycles. The van der Waals surface area contributed by atoms with Crippen molar-refractivity contribution >= 4 is 5.91 Å². The Morgan fingerprint density at radius 1 is 1.22 bits per heavy atom. The van der Waals surface area contributed by atoms with Crippen LogP contribution in [0.5, 0.6) is 0 Å². The molecule has 5 aliphatic rings. The molecule has 0 spiro atoms. The summed E-state index contributed by atoms with van der Waals surface area (Å²) in [4.78, 5) is 32.6. The van der Waals surface area contributed by atoms with Crippen LogP contribution in [0.25, 0.3) is 0 Å². The van der Waals surface area contributed by atoms with Crippen LogP contribution < -0.4 is 16.2 Å². The van der Waals surface area contributed by atoms with E-state index in [1.54, 1.807) is 0 Å². The van der Waals surface area contributed by atoms with Crippen LogP contribution >= 0.6 is 0 Å². The molecular weight excluding hydrogens is 344 g/mol. The van der Waals surface area contributed by atoms with Crippen LogP contribution in [0.4, 0.5) is 0 Å². The summed E-state index contributed by atoms with van der Waals surface area (Å²) >= 11 is 0. The maximum Gasteiger partial charge on any atom is 0.263 e. The zero-order chi connectivity index (χ0) is 18.4. The van der Waals surface area contributed by atoms with Gasteiger partial charge in [0, 0.05) is 31.2 Å². The van der Waals surface area contributed by atoms with Crippen molar-refractivity contribution in [3.63, 3.8) is 0 Å². The van der Waals surface area contributed by atoms with Crippen molar-refractivity contribution in [2.45, 2.75) is 50.0 Å². The number of nitrogens with one attached hydrogen (secondary N) is 3. The van der Waals surface area contributed by atoms with Gasteiger partial charge < -0.3 is 20.4 Å². The van der Waals surface area contributed by atoms with Gasteiger partial charge in [0.15, 0.2) is 0 Å². The average molecular weight is 372 g/mol. The van der Waals surface area contributed by atoms with E-state index in [0.717, 1.165) is 49.4 Å². The summed E-state index contributed by atoms with van der Waals surface area (Å²) in [6.45, 7) is 2.57. The second kappa shape index (κ2) is 6.71. The van der Waals surface area contributed by atoms with Crippen LogP contribution in [0, 0.1) is 17.8 Å². The molecule has 0 radical (unpaired) electrons. The number of amides is 1. The second-order valence-electron chi connectivity index (χ2n) is 9.08. The van der Waals surface area contributed by atoms with Crippen molar-refractivity contribution < 1.29 is 9.53 Å². The van der Waals surface area contributed by atoms with Crippen LogP contribution in [0.2, 0.25) is 0 Å². The van der Waals surface area contributed by atoms with Crippen LogP contribution in [-0.2, 0) is 10.2 Å². The summed E-state index contributed by atoms with van der Waals surface area (Å²) in [6, 6.07) is 0. The molecule has 7 heteroatoms. The van der Waals surface area contributed by atoms with Crippen molar-refractivity contribution in [3.8, 4) is 0 Å². The third kappa shape index (κ3) is 3.21. The van der Waals surface area contributed by atoms with Crippen LogP contribution in [0.1, 0.15) is 54.7 Å². The number of hydrogen-bond donors (Lipinski definition) is 3. The number of ether oxygens (including phenoxy) is 1. The zero-order valence-electron chi connectivity index (χ0n) is 15.6. The lowest BCUT2D eigenvalue weighted by Crippen LogP contribution is -2.50. The molecule has 1 aromatic heterocycles. The molecule has 1 unspecified atom stereocenters. The van der Waals surface area contributed by atoms with E-state index in [9.17, 15) is 9.59 Å². The third-order valence-electron chi connectivity index (χ3n) is 7.08. The number of morpholine rings is 1. The molecule has 5 fully saturated rings. The Kier molecular flexibility index (Phi) is 4.31. The van der Waals surface area contributed by atoms with Gasteiger partial charge in [-0.05, 0) is 56.3 Å². The van der Waals surface area contributed by atoms with E-state index in [1.807, 2.05) is 0 Å². The molecule has 27 heavy (non-hydrogen) atoms. The minimum Gasteiger partial charge on any atom is -0.374 e. The Balaban J connectivity index is 1.31. The topological polar surface area (TPSA) is 96.1 Å². The van der Waals surface area contributed by atoms with Crippen molar-refractivity contribution in [1.29, 1.82) is 0 Å². The molecule has 7 nitrogen and oxygen atoms in total. The van der Waals surface area contributed by atoms with Crippen molar-refractivity contribution in [1.82, 2.24) is 20.6 Å². The van der Waals surface area contributed by atoms with Crippen LogP contribution in [-0.4, -0.2) is 48.2 Å². The molecular formula is C20H28N4O3. The second-order valence-corrected chi connectivity index (χ2v) is 9.08. The number of carbonyl (C=O) groups is 1. The highest BCUT2D eigenvalue weighted by Crippen LogP contribution is 2.59. The first kappa shape index (κ1) is 17.4. The first-order valence-corrected chi connectivity index (χ1v) is 10.3. The number of carbonyl (C=O) groups excluding carboxylic acids is 1. The summed E-state index contributed by atoms with van der Waals surface area (Å²) in [7, 11) is 0. The Labute approximate surface area is 158 Å². The van der Waals surface area contributed by atoms with Gasteiger partial charge in [-0.15, -0.1) is 0 Å². The molecule has 1 aliphatic heterocycles. The highest BCUT2D eigenvalue weighted by Gasteiger charge is 2.52. The minimum absolute atomic E-state index is 0.0323.